The molecule has 3 rings (SSSR count). The Hall–Kier alpha value is -0.240. The van der Waals surface area contributed by atoms with Crippen LogP contribution >= 0.6 is 23.2 Å². The summed E-state index contributed by atoms with van der Waals surface area (Å²) in [5.74, 6) is 1.00. The molecule has 1 nitrogen and oxygen atoms in total. The summed E-state index contributed by atoms with van der Waals surface area (Å²) in [5.41, 5.74) is 1.75. The van der Waals surface area contributed by atoms with E-state index in [2.05, 4.69) is 5.32 Å². The third kappa shape index (κ3) is 2.47. The average Bonchev–Trinajstić information content (AvgIpc) is 3.14. The van der Waals surface area contributed by atoms with Gasteiger partial charge in [0.05, 0.1) is 10.0 Å². The maximum Gasteiger partial charge on any atom is 0.0637 e. The van der Waals surface area contributed by atoms with Gasteiger partial charge in [0.15, 0.2) is 0 Å². The second kappa shape index (κ2) is 4.46. The highest BCUT2D eigenvalue weighted by Gasteiger charge is 2.53. The second-order valence-electron chi connectivity index (χ2n) is 5.45. The highest BCUT2D eigenvalue weighted by molar-refractivity contribution is 6.42. The Kier molecular flexibility index (Phi) is 3.10. The molecule has 1 aromatic rings. The van der Waals surface area contributed by atoms with Crippen LogP contribution < -0.4 is 5.32 Å². The summed E-state index contributed by atoms with van der Waals surface area (Å²) in [7, 11) is 0. The van der Waals surface area contributed by atoms with Crippen molar-refractivity contribution in [1.29, 1.82) is 0 Å². The van der Waals surface area contributed by atoms with Crippen LogP contribution in [-0.4, -0.2) is 6.54 Å². The Morgan fingerprint density at radius 1 is 1.24 bits per heavy atom. The van der Waals surface area contributed by atoms with Crippen molar-refractivity contribution in [3.8, 4) is 0 Å². The summed E-state index contributed by atoms with van der Waals surface area (Å²) in [6, 6.07) is 5.83. The van der Waals surface area contributed by atoms with Gasteiger partial charge in [-0.3, -0.25) is 0 Å². The number of hydrogen-bond acceptors (Lipinski definition) is 1. The van der Waals surface area contributed by atoms with Crippen molar-refractivity contribution in [2.24, 2.45) is 11.3 Å². The Morgan fingerprint density at radius 2 is 2.00 bits per heavy atom. The van der Waals surface area contributed by atoms with Gasteiger partial charge in [-0.15, -0.1) is 0 Å². The topological polar surface area (TPSA) is 12.0 Å². The number of nitrogens with one attached hydrogen (secondary N) is 1. The Labute approximate surface area is 112 Å². The van der Waals surface area contributed by atoms with Crippen molar-refractivity contribution in [2.45, 2.75) is 32.2 Å². The number of hydrogen-bond donors (Lipinski definition) is 1. The molecule has 17 heavy (non-hydrogen) atoms. The molecule has 0 bridgehead atoms. The van der Waals surface area contributed by atoms with E-state index in [0.717, 1.165) is 24.6 Å². The summed E-state index contributed by atoms with van der Waals surface area (Å²) in [5, 5.41) is 4.89. The van der Waals surface area contributed by atoms with E-state index >= 15 is 0 Å². The predicted molar refractivity (Wildman–Crippen MR) is 72.6 cm³/mol. The molecule has 0 heterocycles. The molecule has 0 saturated heterocycles. The molecule has 0 unspecified atom stereocenters. The van der Waals surface area contributed by atoms with E-state index in [1.165, 1.54) is 25.7 Å². The monoisotopic (exact) mass is 269 g/mol. The molecule has 0 atom stereocenters. The lowest BCUT2D eigenvalue weighted by atomic mass is 10.0. The van der Waals surface area contributed by atoms with Crippen LogP contribution in [0.5, 0.6) is 0 Å². The van der Waals surface area contributed by atoms with Crippen LogP contribution in [-0.2, 0) is 6.54 Å². The highest BCUT2D eigenvalue weighted by Crippen LogP contribution is 2.60. The third-order valence-electron chi connectivity index (χ3n) is 4.16. The van der Waals surface area contributed by atoms with Crippen LogP contribution in [0.1, 0.15) is 31.2 Å². The normalized spacial score (nSPS) is 21.5. The second-order valence-corrected chi connectivity index (χ2v) is 6.24. The van der Waals surface area contributed by atoms with Gasteiger partial charge < -0.3 is 5.32 Å². The van der Waals surface area contributed by atoms with Crippen molar-refractivity contribution in [3.05, 3.63) is 33.8 Å². The van der Waals surface area contributed by atoms with E-state index in [4.69, 9.17) is 23.2 Å². The van der Waals surface area contributed by atoms with Gasteiger partial charge in [-0.05, 0) is 48.6 Å². The lowest BCUT2D eigenvalue weighted by molar-refractivity contribution is 0.403. The third-order valence-corrected chi connectivity index (χ3v) is 5.02. The first-order valence-corrected chi connectivity index (χ1v) is 7.10. The minimum Gasteiger partial charge on any atom is -0.312 e. The lowest BCUT2D eigenvalue weighted by Gasteiger charge is -2.15. The summed E-state index contributed by atoms with van der Waals surface area (Å²) >= 11 is 12.2. The fourth-order valence-electron chi connectivity index (χ4n) is 2.72. The Balaban J connectivity index is 1.55. The van der Waals surface area contributed by atoms with Crippen LogP contribution in [0.3, 0.4) is 0 Å². The summed E-state index contributed by atoms with van der Waals surface area (Å²) in [4.78, 5) is 0. The summed E-state index contributed by atoms with van der Waals surface area (Å²) < 4.78 is 0. The lowest BCUT2D eigenvalue weighted by Crippen LogP contribution is -2.25. The van der Waals surface area contributed by atoms with Crippen molar-refractivity contribution in [1.82, 2.24) is 5.32 Å². The molecule has 1 N–H and O–H groups in total. The van der Waals surface area contributed by atoms with Crippen LogP contribution in [0.15, 0.2) is 18.2 Å². The van der Waals surface area contributed by atoms with Crippen molar-refractivity contribution >= 4 is 23.2 Å². The molecule has 2 saturated carbocycles. The molecule has 0 spiro atoms. The highest BCUT2D eigenvalue weighted by atomic mass is 35.5. The van der Waals surface area contributed by atoms with Crippen molar-refractivity contribution in [2.75, 3.05) is 6.54 Å². The zero-order chi connectivity index (χ0) is 11.9. The minimum atomic E-state index is 0.644. The SMILES string of the molecule is Clc1cccc(CNCC2(C3CC3)CC2)c1Cl. The quantitative estimate of drug-likeness (QED) is 0.842. The van der Waals surface area contributed by atoms with Crippen LogP contribution in [0.4, 0.5) is 0 Å². The smallest absolute Gasteiger partial charge is 0.0637 e. The summed E-state index contributed by atoms with van der Waals surface area (Å²) in [6.07, 6.45) is 5.71. The van der Waals surface area contributed by atoms with Crippen molar-refractivity contribution in [3.63, 3.8) is 0 Å². The van der Waals surface area contributed by atoms with Gasteiger partial charge in [0.25, 0.3) is 0 Å². The number of halogens is 2. The summed E-state index contributed by atoms with van der Waals surface area (Å²) in [6.45, 7) is 1.97. The molecule has 92 valence electrons. The predicted octanol–water partition coefficient (Wildman–Crippen LogP) is 4.27. The molecule has 2 aliphatic carbocycles. The molecule has 2 fully saturated rings. The standard InChI is InChI=1S/C14H17Cl2N/c15-12-3-1-2-10(13(12)16)8-17-9-14(6-7-14)11-4-5-11/h1-3,11,17H,4-9H2. The molecule has 0 amide bonds. The Morgan fingerprint density at radius 3 is 2.65 bits per heavy atom. The van der Waals surface area contributed by atoms with Crippen molar-refractivity contribution < 1.29 is 0 Å². The molecule has 3 heteroatoms. The van der Waals surface area contributed by atoms with Crippen LogP contribution in [0.2, 0.25) is 10.0 Å². The molecule has 0 aromatic heterocycles. The van der Waals surface area contributed by atoms with Gasteiger partial charge in [0.1, 0.15) is 0 Å². The maximum absolute atomic E-state index is 6.16. The zero-order valence-corrected chi connectivity index (χ0v) is 11.3. The molecule has 1 aromatic carbocycles. The first-order chi connectivity index (χ1) is 8.21. The maximum atomic E-state index is 6.16. The zero-order valence-electron chi connectivity index (χ0n) is 9.81. The fourth-order valence-corrected chi connectivity index (χ4v) is 3.10. The first-order valence-electron chi connectivity index (χ1n) is 6.35. The molecular formula is C14H17Cl2N. The first kappa shape index (κ1) is 11.8. The molecular weight excluding hydrogens is 253 g/mol. The molecule has 0 radical (unpaired) electrons. The fraction of sp³-hybridized carbons (Fsp3) is 0.571. The van der Waals surface area contributed by atoms with Crippen LogP contribution in [0, 0.1) is 11.3 Å². The van der Waals surface area contributed by atoms with E-state index in [1.807, 2.05) is 18.2 Å². The minimum absolute atomic E-state index is 0.644. The largest absolute Gasteiger partial charge is 0.312 e. The van der Waals surface area contributed by atoms with Gasteiger partial charge >= 0.3 is 0 Å². The van der Waals surface area contributed by atoms with Gasteiger partial charge in [0, 0.05) is 13.1 Å². The number of rotatable bonds is 5. The Bertz CT molecular complexity index is 422. The van der Waals surface area contributed by atoms with Gasteiger partial charge in [0.2, 0.25) is 0 Å². The number of benzene rings is 1. The van der Waals surface area contributed by atoms with E-state index in [0.29, 0.717) is 15.5 Å². The van der Waals surface area contributed by atoms with Gasteiger partial charge in [-0.2, -0.15) is 0 Å². The van der Waals surface area contributed by atoms with E-state index in [1.54, 1.807) is 0 Å². The van der Waals surface area contributed by atoms with Gasteiger partial charge in [-0.1, -0.05) is 35.3 Å². The van der Waals surface area contributed by atoms with E-state index in [-0.39, 0.29) is 0 Å². The molecule has 0 aliphatic heterocycles. The molecule has 2 aliphatic rings. The van der Waals surface area contributed by atoms with E-state index < -0.39 is 0 Å². The van der Waals surface area contributed by atoms with Gasteiger partial charge in [-0.25, -0.2) is 0 Å². The average molecular weight is 270 g/mol. The van der Waals surface area contributed by atoms with Crippen LogP contribution in [0.25, 0.3) is 0 Å². The van der Waals surface area contributed by atoms with E-state index in [9.17, 15) is 0 Å².